The van der Waals surface area contributed by atoms with E-state index in [0.717, 1.165) is 30.0 Å². The second-order valence-electron chi connectivity index (χ2n) is 6.01. The molecule has 24 heavy (non-hydrogen) atoms. The van der Waals surface area contributed by atoms with Crippen LogP contribution in [0.2, 0.25) is 0 Å². The first-order valence-corrected chi connectivity index (χ1v) is 8.18. The summed E-state index contributed by atoms with van der Waals surface area (Å²) in [5.74, 6) is -0.0450. The Balaban J connectivity index is 1.77. The normalized spacial score (nSPS) is 18.9. The zero-order chi connectivity index (χ0) is 17.3. The molecule has 1 fully saturated rings. The minimum absolute atomic E-state index is 0.0450. The first-order valence-electron chi connectivity index (χ1n) is 8.18. The molecule has 0 saturated carbocycles. The van der Waals surface area contributed by atoms with Gasteiger partial charge in [0.15, 0.2) is 5.65 Å². The van der Waals surface area contributed by atoms with E-state index in [0.29, 0.717) is 25.4 Å². The molecule has 8 nitrogen and oxygen atoms in total. The largest absolute Gasteiger partial charge is 0.378 e. The maximum absolute atomic E-state index is 12.5. The van der Waals surface area contributed by atoms with Crippen LogP contribution in [-0.4, -0.2) is 57.8 Å². The van der Waals surface area contributed by atoms with Crippen LogP contribution in [0.25, 0.3) is 5.65 Å². The van der Waals surface area contributed by atoms with Crippen molar-refractivity contribution in [1.29, 1.82) is 0 Å². The summed E-state index contributed by atoms with van der Waals surface area (Å²) in [6.07, 6.45) is 0. The number of aromatic amines is 1. The summed E-state index contributed by atoms with van der Waals surface area (Å²) in [5.41, 5.74) is 2.97. The quantitative estimate of drug-likeness (QED) is 0.820. The number of nitrogens with zero attached hydrogens (tertiary/aromatic N) is 3. The van der Waals surface area contributed by atoms with Gasteiger partial charge >= 0.3 is 0 Å². The molecule has 1 aliphatic heterocycles. The number of H-pyrrole nitrogens is 1. The number of hydrogen-bond acceptors (Lipinski definition) is 5. The van der Waals surface area contributed by atoms with Crippen molar-refractivity contribution < 1.29 is 9.53 Å². The standard InChI is InChI=1S/C16H23N5O3/c1-4-20-5-6-24-9-13(20)16(23)17-8-12-10(2)18-14-7-15(22)19-21(14)11(12)3/h7,13H,4-6,8-9H2,1-3H3,(H,17,23)(H,19,22). The summed E-state index contributed by atoms with van der Waals surface area (Å²) in [7, 11) is 0. The number of carbonyl (C=O) groups is 1. The molecule has 8 heteroatoms. The van der Waals surface area contributed by atoms with E-state index in [1.165, 1.54) is 6.07 Å². The second-order valence-corrected chi connectivity index (χ2v) is 6.01. The first kappa shape index (κ1) is 16.7. The summed E-state index contributed by atoms with van der Waals surface area (Å²) in [5, 5.41) is 5.70. The van der Waals surface area contributed by atoms with Crippen molar-refractivity contribution in [3.63, 3.8) is 0 Å². The highest BCUT2D eigenvalue weighted by Crippen LogP contribution is 2.13. The van der Waals surface area contributed by atoms with Crippen molar-refractivity contribution >= 4 is 11.6 Å². The van der Waals surface area contributed by atoms with Gasteiger partial charge in [0.05, 0.1) is 13.2 Å². The molecule has 1 saturated heterocycles. The number of nitrogens with one attached hydrogen (secondary N) is 2. The van der Waals surface area contributed by atoms with Gasteiger partial charge in [-0.1, -0.05) is 6.92 Å². The lowest BCUT2D eigenvalue weighted by Gasteiger charge is -2.33. The number of hydrogen-bond donors (Lipinski definition) is 2. The van der Waals surface area contributed by atoms with Crippen LogP contribution < -0.4 is 10.9 Å². The summed E-state index contributed by atoms with van der Waals surface area (Å²) >= 11 is 0. The lowest BCUT2D eigenvalue weighted by atomic mass is 10.1. The minimum Gasteiger partial charge on any atom is -0.378 e. The zero-order valence-corrected chi connectivity index (χ0v) is 14.3. The number of likely N-dealkylation sites (N-methyl/N-ethyl adjacent to an activating group) is 1. The van der Waals surface area contributed by atoms with E-state index in [2.05, 4.69) is 20.3 Å². The van der Waals surface area contributed by atoms with E-state index in [1.807, 2.05) is 20.8 Å². The summed E-state index contributed by atoms with van der Waals surface area (Å²) in [6.45, 7) is 8.86. The number of morpholine rings is 1. The molecule has 0 spiro atoms. The fourth-order valence-corrected chi connectivity index (χ4v) is 3.16. The molecule has 2 aromatic rings. The Morgan fingerprint density at radius 1 is 1.50 bits per heavy atom. The van der Waals surface area contributed by atoms with Crippen molar-refractivity contribution in [3.05, 3.63) is 33.4 Å². The molecular formula is C16H23N5O3. The number of fused-ring (bicyclic) bond motifs is 1. The molecule has 0 aromatic carbocycles. The molecule has 3 heterocycles. The fraction of sp³-hybridized carbons (Fsp3) is 0.562. The Bertz CT molecular complexity index is 810. The van der Waals surface area contributed by atoms with Crippen LogP contribution in [0.15, 0.2) is 10.9 Å². The zero-order valence-electron chi connectivity index (χ0n) is 14.3. The fourth-order valence-electron chi connectivity index (χ4n) is 3.16. The monoisotopic (exact) mass is 333 g/mol. The first-order chi connectivity index (χ1) is 11.5. The maximum atomic E-state index is 12.5. The SMILES string of the molecule is CCN1CCOCC1C(=O)NCc1c(C)nc2cc(=O)[nH]n2c1C. The number of aromatic nitrogens is 3. The van der Waals surface area contributed by atoms with E-state index in [1.54, 1.807) is 4.52 Å². The number of rotatable bonds is 4. The molecule has 2 aromatic heterocycles. The van der Waals surface area contributed by atoms with Crippen molar-refractivity contribution in [2.45, 2.75) is 33.4 Å². The average molecular weight is 333 g/mol. The molecule has 1 aliphatic rings. The van der Waals surface area contributed by atoms with E-state index in [9.17, 15) is 9.59 Å². The Kier molecular flexibility index (Phi) is 4.68. The minimum atomic E-state index is -0.257. The maximum Gasteiger partial charge on any atom is 0.266 e. The Morgan fingerprint density at radius 2 is 2.29 bits per heavy atom. The van der Waals surface area contributed by atoms with Crippen LogP contribution in [0.5, 0.6) is 0 Å². The number of amides is 1. The predicted molar refractivity (Wildman–Crippen MR) is 89.0 cm³/mol. The van der Waals surface area contributed by atoms with Gasteiger partial charge in [-0.3, -0.25) is 19.6 Å². The molecule has 130 valence electrons. The Hall–Kier alpha value is -2.19. The summed E-state index contributed by atoms with van der Waals surface area (Å²) in [6, 6.07) is 1.20. The van der Waals surface area contributed by atoms with Gasteiger partial charge in [0.25, 0.3) is 5.56 Å². The van der Waals surface area contributed by atoms with E-state index < -0.39 is 0 Å². The number of ether oxygens (including phenoxy) is 1. The topological polar surface area (TPSA) is 91.7 Å². The molecule has 1 atom stereocenters. The van der Waals surface area contributed by atoms with E-state index in [-0.39, 0.29) is 17.5 Å². The number of carbonyl (C=O) groups excluding carboxylic acids is 1. The third kappa shape index (κ3) is 3.07. The van der Waals surface area contributed by atoms with Crippen LogP contribution in [0.4, 0.5) is 0 Å². The Labute approximate surface area is 139 Å². The van der Waals surface area contributed by atoms with Gasteiger partial charge < -0.3 is 10.1 Å². The van der Waals surface area contributed by atoms with Crippen molar-refractivity contribution in [2.75, 3.05) is 26.3 Å². The molecule has 0 aliphatic carbocycles. The van der Waals surface area contributed by atoms with Crippen LogP contribution in [0.1, 0.15) is 23.9 Å². The third-order valence-electron chi connectivity index (χ3n) is 4.59. The smallest absolute Gasteiger partial charge is 0.266 e. The van der Waals surface area contributed by atoms with E-state index >= 15 is 0 Å². The van der Waals surface area contributed by atoms with Crippen molar-refractivity contribution in [2.24, 2.45) is 0 Å². The van der Waals surface area contributed by atoms with Gasteiger partial charge in [-0.05, 0) is 20.4 Å². The third-order valence-corrected chi connectivity index (χ3v) is 4.59. The molecular weight excluding hydrogens is 310 g/mol. The molecule has 1 amide bonds. The Morgan fingerprint density at radius 3 is 3.04 bits per heavy atom. The number of aryl methyl sites for hydroxylation is 2. The highest BCUT2D eigenvalue weighted by atomic mass is 16.5. The van der Waals surface area contributed by atoms with Crippen LogP contribution in [-0.2, 0) is 16.1 Å². The van der Waals surface area contributed by atoms with Gasteiger partial charge in [0, 0.05) is 36.1 Å². The predicted octanol–water partition coefficient (Wildman–Crippen LogP) is -0.0237. The van der Waals surface area contributed by atoms with Crippen molar-refractivity contribution in [1.82, 2.24) is 24.8 Å². The lowest BCUT2D eigenvalue weighted by Crippen LogP contribution is -2.53. The van der Waals surface area contributed by atoms with Gasteiger partial charge in [-0.25, -0.2) is 9.50 Å². The van der Waals surface area contributed by atoms with Gasteiger partial charge in [0.1, 0.15) is 6.04 Å². The highest BCUT2D eigenvalue weighted by Gasteiger charge is 2.28. The molecule has 3 rings (SSSR count). The van der Waals surface area contributed by atoms with Crippen LogP contribution >= 0.6 is 0 Å². The average Bonchev–Trinajstić information content (AvgIpc) is 2.94. The molecule has 2 N–H and O–H groups in total. The second kappa shape index (κ2) is 6.74. The van der Waals surface area contributed by atoms with E-state index in [4.69, 9.17) is 4.74 Å². The highest BCUT2D eigenvalue weighted by molar-refractivity contribution is 5.82. The van der Waals surface area contributed by atoms with Crippen LogP contribution in [0.3, 0.4) is 0 Å². The van der Waals surface area contributed by atoms with Gasteiger partial charge in [0.2, 0.25) is 5.91 Å². The van der Waals surface area contributed by atoms with Crippen LogP contribution in [0, 0.1) is 13.8 Å². The lowest BCUT2D eigenvalue weighted by molar-refractivity contribution is -0.132. The summed E-state index contributed by atoms with van der Waals surface area (Å²) < 4.78 is 7.09. The van der Waals surface area contributed by atoms with Gasteiger partial charge in [-0.15, -0.1) is 0 Å². The molecule has 1 unspecified atom stereocenters. The summed E-state index contributed by atoms with van der Waals surface area (Å²) in [4.78, 5) is 30.6. The van der Waals surface area contributed by atoms with Crippen molar-refractivity contribution in [3.8, 4) is 0 Å². The molecule has 0 bridgehead atoms. The molecule has 0 radical (unpaired) electrons. The van der Waals surface area contributed by atoms with Gasteiger partial charge in [-0.2, -0.15) is 0 Å².